The van der Waals surface area contributed by atoms with Crippen LogP contribution in [0.5, 0.6) is 0 Å². The van der Waals surface area contributed by atoms with E-state index in [0.29, 0.717) is 11.3 Å². The van der Waals surface area contributed by atoms with Gasteiger partial charge in [-0.25, -0.2) is 4.79 Å². The number of alkyl carbamates (subject to hydrolysis) is 1. The Kier molecular flexibility index (Phi) is 8.93. The summed E-state index contributed by atoms with van der Waals surface area (Å²) in [5.74, 6) is -0.987. The normalized spacial score (nSPS) is 12.4. The average molecular weight is 418 g/mol. The van der Waals surface area contributed by atoms with Crippen LogP contribution in [0.15, 0.2) is 29.4 Å². The molecule has 0 unspecified atom stereocenters. The molecule has 0 saturated heterocycles. The predicted molar refractivity (Wildman–Crippen MR) is 99.7 cm³/mol. The van der Waals surface area contributed by atoms with Crippen LogP contribution in [0.2, 0.25) is 0 Å². The summed E-state index contributed by atoms with van der Waals surface area (Å²) >= 11 is 0. The highest BCUT2D eigenvalue weighted by molar-refractivity contribution is 6.00. The molecule has 1 aromatic carbocycles. The predicted octanol–water partition coefficient (Wildman–Crippen LogP) is 4.21. The minimum Gasteiger partial charge on any atom is -0.481 e. The summed E-state index contributed by atoms with van der Waals surface area (Å²) in [5.41, 5.74) is -0.724. The van der Waals surface area contributed by atoms with Crippen LogP contribution < -0.4 is 5.32 Å². The van der Waals surface area contributed by atoms with E-state index in [1.807, 2.05) is 0 Å². The fourth-order valence-electron chi connectivity index (χ4n) is 2.14. The lowest BCUT2D eigenvalue weighted by molar-refractivity contribution is -0.138. The fraction of sp³-hybridized carbons (Fsp3) is 0.526. The standard InChI is InChI=1S/C19H25F3N2O5/c1-18(2,3)29-17(27)23-11-12-28-24-15(5-4-6-16(25)26)13-7-9-14(10-8-13)19(20,21)22/h7-10H,4-6,11-12H2,1-3H3,(H,23,27)(H,25,26)/b24-15+. The molecule has 1 amide bonds. The quantitative estimate of drug-likeness (QED) is 0.356. The number of hydrogen-bond donors (Lipinski definition) is 2. The van der Waals surface area contributed by atoms with Gasteiger partial charge in [0.15, 0.2) is 0 Å². The van der Waals surface area contributed by atoms with Gasteiger partial charge in [0.25, 0.3) is 0 Å². The summed E-state index contributed by atoms with van der Waals surface area (Å²) in [6.45, 7) is 5.28. The first-order chi connectivity index (χ1) is 13.4. The first kappa shape index (κ1) is 24.3. The summed E-state index contributed by atoms with van der Waals surface area (Å²) in [6, 6.07) is 4.35. The maximum absolute atomic E-state index is 12.7. The van der Waals surface area contributed by atoms with Crippen molar-refractivity contribution in [2.24, 2.45) is 5.16 Å². The van der Waals surface area contributed by atoms with Crippen molar-refractivity contribution in [3.63, 3.8) is 0 Å². The first-order valence-electron chi connectivity index (χ1n) is 8.93. The third-order valence-electron chi connectivity index (χ3n) is 3.39. The maximum Gasteiger partial charge on any atom is 0.416 e. The fourth-order valence-corrected chi connectivity index (χ4v) is 2.14. The molecule has 2 N–H and O–H groups in total. The molecule has 0 aliphatic rings. The molecule has 0 radical (unpaired) electrons. The van der Waals surface area contributed by atoms with Gasteiger partial charge in [0.2, 0.25) is 0 Å². The number of hydrogen-bond acceptors (Lipinski definition) is 5. The van der Waals surface area contributed by atoms with Gasteiger partial charge in [-0.05, 0) is 51.3 Å². The van der Waals surface area contributed by atoms with Crippen LogP contribution in [0.1, 0.15) is 51.2 Å². The number of carboxylic acid groups (broad SMARTS) is 1. The first-order valence-corrected chi connectivity index (χ1v) is 8.93. The Morgan fingerprint density at radius 2 is 1.72 bits per heavy atom. The Bertz CT molecular complexity index is 710. The number of ether oxygens (including phenoxy) is 1. The zero-order chi connectivity index (χ0) is 22.1. The topological polar surface area (TPSA) is 97.2 Å². The lowest BCUT2D eigenvalue weighted by Gasteiger charge is -2.19. The third kappa shape index (κ3) is 10.4. The van der Waals surface area contributed by atoms with Gasteiger partial charge in [-0.2, -0.15) is 13.2 Å². The van der Waals surface area contributed by atoms with E-state index in [1.165, 1.54) is 12.1 Å². The summed E-state index contributed by atoms with van der Waals surface area (Å²) in [5, 5.41) is 15.1. The van der Waals surface area contributed by atoms with Crippen molar-refractivity contribution in [2.75, 3.05) is 13.2 Å². The Morgan fingerprint density at radius 3 is 2.24 bits per heavy atom. The number of halogens is 3. The van der Waals surface area contributed by atoms with Crippen LogP contribution in [0, 0.1) is 0 Å². The molecule has 1 aromatic rings. The third-order valence-corrected chi connectivity index (χ3v) is 3.39. The van der Waals surface area contributed by atoms with E-state index in [1.54, 1.807) is 20.8 Å². The van der Waals surface area contributed by atoms with Crippen LogP contribution in [-0.2, 0) is 20.5 Å². The molecule has 7 nitrogen and oxygen atoms in total. The van der Waals surface area contributed by atoms with E-state index >= 15 is 0 Å². The van der Waals surface area contributed by atoms with E-state index < -0.39 is 29.4 Å². The largest absolute Gasteiger partial charge is 0.481 e. The van der Waals surface area contributed by atoms with Crippen LogP contribution in [0.25, 0.3) is 0 Å². The summed E-state index contributed by atoms with van der Waals surface area (Å²) in [4.78, 5) is 27.3. The summed E-state index contributed by atoms with van der Waals surface area (Å²) < 4.78 is 43.2. The van der Waals surface area contributed by atoms with Crippen LogP contribution in [-0.4, -0.2) is 41.6 Å². The number of carbonyl (C=O) groups is 2. The van der Waals surface area contributed by atoms with Crippen LogP contribution in [0.4, 0.5) is 18.0 Å². The zero-order valence-corrected chi connectivity index (χ0v) is 16.5. The highest BCUT2D eigenvalue weighted by Gasteiger charge is 2.30. The Morgan fingerprint density at radius 1 is 1.10 bits per heavy atom. The van der Waals surface area contributed by atoms with E-state index in [0.717, 1.165) is 12.1 Å². The number of benzene rings is 1. The van der Waals surface area contributed by atoms with E-state index in [-0.39, 0.29) is 32.4 Å². The van der Waals surface area contributed by atoms with Crippen molar-refractivity contribution in [1.82, 2.24) is 5.32 Å². The molecular weight excluding hydrogens is 393 g/mol. The smallest absolute Gasteiger partial charge is 0.416 e. The molecule has 0 aliphatic heterocycles. The molecule has 0 fully saturated rings. The van der Waals surface area contributed by atoms with Gasteiger partial charge >= 0.3 is 18.2 Å². The molecule has 1 rings (SSSR count). The molecule has 0 saturated carbocycles. The Hall–Kier alpha value is -2.78. The second-order valence-corrected chi connectivity index (χ2v) is 7.12. The Balaban J connectivity index is 2.69. The van der Waals surface area contributed by atoms with Gasteiger partial charge in [-0.3, -0.25) is 4.79 Å². The monoisotopic (exact) mass is 418 g/mol. The van der Waals surface area contributed by atoms with Gasteiger partial charge in [0, 0.05) is 6.42 Å². The number of carbonyl (C=O) groups excluding carboxylic acids is 1. The van der Waals surface area contributed by atoms with Gasteiger partial charge in [0.05, 0.1) is 17.8 Å². The molecule has 29 heavy (non-hydrogen) atoms. The van der Waals surface area contributed by atoms with Crippen molar-refractivity contribution in [1.29, 1.82) is 0 Å². The maximum atomic E-state index is 12.7. The van der Waals surface area contributed by atoms with Crippen molar-refractivity contribution in [2.45, 2.75) is 51.8 Å². The van der Waals surface area contributed by atoms with E-state index in [2.05, 4.69) is 10.5 Å². The number of oxime groups is 1. The lowest BCUT2D eigenvalue weighted by Crippen LogP contribution is -2.34. The minimum atomic E-state index is -4.46. The SMILES string of the molecule is CC(C)(C)OC(=O)NCCO/N=C(\CCCC(=O)O)c1ccc(C(F)(F)F)cc1. The highest BCUT2D eigenvalue weighted by Crippen LogP contribution is 2.29. The number of nitrogens with zero attached hydrogens (tertiary/aromatic N) is 1. The molecule has 0 atom stereocenters. The number of nitrogens with one attached hydrogen (secondary N) is 1. The lowest BCUT2D eigenvalue weighted by atomic mass is 10.0. The van der Waals surface area contributed by atoms with E-state index in [4.69, 9.17) is 14.7 Å². The number of rotatable bonds is 9. The number of carboxylic acids is 1. The van der Waals surface area contributed by atoms with Crippen molar-refractivity contribution < 1.29 is 37.4 Å². The van der Waals surface area contributed by atoms with Crippen molar-refractivity contribution in [3.05, 3.63) is 35.4 Å². The average Bonchev–Trinajstić information content (AvgIpc) is 2.57. The molecule has 0 spiro atoms. The zero-order valence-electron chi connectivity index (χ0n) is 16.5. The van der Waals surface area contributed by atoms with Gasteiger partial charge in [-0.15, -0.1) is 0 Å². The van der Waals surface area contributed by atoms with Crippen molar-refractivity contribution in [3.8, 4) is 0 Å². The van der Waals surface area contributed by atoms with Gasteiger partial charge in [0.1, 0.15) is 12.2 Å². The molecule has 0 bridgehead atoms. The van der Waals surface area contributed by atoms with Crippen LogP contribution >= 0.6 is 0 Å². The summed E-state index contributed by atoms with van der Waals surface area (Å²) in [7, 11) is 0. The van der Waals surface area contributed by atoms with Crippen molar-refractivity contribution >= 4 is 17.8 Å². The second-order valence-electron chi connectivity index (χ2n) is 7.12. The number of amides is 1. The minimum absolute atomic E-state index is 0.00229. The second kappa shape index (κ2) is 10.7. The number of aliphatic carboxylic acids is 1. The Labute approximate surface area is 166 Å². The molecule has 0 aliphatic carbocycles. The molecular formula is C19H25F3N2O5. The summed E-state index contributed by atoms with van der Waals surface area (Å²) in [6.07, 6.45) is -4.73. The number of alkyl halides is 3. The van der Waals surface area contributed by atoms with Gasteiger partial charge in [-0.1, -0.05) is 17.3 Å². The van der Waals surface area contributed by atoms with Gasteiger partial charge < -0.3 is 20.0 Å². The molecule has 162 valence electrons. The van der Waals surface area contributed by atoms with E-state index in [9.17, 15) is 22.8 Å². The van der Waals surface area contributed by atoms with Crippen LogP contribution in [0.3, 0.4) is 0 Å². The molecule has 0 heterocycles. The highest BCUT2D eigenvalue weighted by atomic mass is 19.4. The molecule has 10 heteroatoms. The molecule has 0 aromatic heterocycles.